The number of rotatable bonds is 7. The summed E-state index contributed by atoms with van der Waals surface area (Å²) in [6.45, 7) is 20.4. The molecule has 0 aliphatic heterocycles. The molecule has 1 aromatic carbocycles. The van der Waals surface area contributed by atoms with Crippen molar-refractivity contribution >= 4 is 17.9 Å². The van der Waals surface area contributed by atoms with Gasteiger partial charge in [-0.25, -0.2) is 0 Å². The van der Waals surface area contributed by atoms with Crippen molar-refractivity contribution in [2.24, 2.45) is 0 Å². The zero-order valence-electron chi connectivity index (χ0n) is 19.8. The SMILES string of the molecule is C/C=C\C.C=CCNSc1cccc(C#CCCCC(=O)O)c1.CC.CC.CC. The summed E-state index contributed by atoms with van der Waals surface area (Å²) >= 11 is 1.54. The summed E-state index contributed by atoms with van der Waals surface area (Å²) in [6, 6.07) is 7.92. The van der Waals surface area contributed by atoms with E-state index in [0.29, 0.717) is 12.8 Å². The van der Waals surface area contributed by atoms with Crippen molar-refractivity contribution in [3.05, 3.63) is 54.6 Å². The van der Waals surface area contributed by atoms with Crippen molar-refractivity contribution < 1.29 is 9.90 Å². The van der Waals surface area contributed by atoms with E-state index in [-0.39, 0.29) is 6.42 Å². The van der Waals surface area contributed by atoms with Gasteiger partial charge in [-0.3, -0.25) is 9.52 Å². The Morgan fingerprint density at radius 3 is 2.21 bits per heavy atom. The van der Waals surface area contributed by atoms with E-state index in [4.69, 9.17) is 5.11 Å². The zero-order valence-corrected chi connectivity index (χ0v) is 20.7. The third-order valence-electron chi connectivity index (χ3n) is 2.51. The van der Waals surface area contributed by atoms with E-state index in [1.54, 1.807) is 18.0 Å². The Kier molecular flexibility index (Phi) is 40.0. The largest absolute Gasteiger partial charge is 0.481 e. The lowest BCUT2D eigenvalue weighted by Gasteiger charge is -2.01. The van der Waals surface area contributed by atoms with E-state index in [0.717, 1.165) is 17.0 Å². The molecule has 4 heteroatoms. The standard InChI is InChI=1S/C15H17NO2S.C4H8.3C2H6/c1-2-11-16-19-14-9-6-8-13(12-14)7-4-3-5-10-15(17)18;1-3-4-2;3*1-2/h2,6,8-9,12,16H,1,3,5,10-11H2,(H,17,18);3-4H,1-2H3;3*1-2H3/b;4-3-;;;. The fraction of sp³-hybridized carbons (Fsp3) is 0.480. The average Bonchev–Trinajstić information content (AvgIpc) is 2.78. The summed E-state index contributed by atoms with van der Waals surface area (Å²) in [5.74, 6) is 5.27. The molecule has 29 heavy (non-hydrogen) atoms. The summed E-state index contributed by atoms with van der Waals surface area (Å²) in [5, 5.41) is 8.50. The van der Waals surface area contributed by atoms with Crippen molar-refractivity contribution in [3.8, 4) is 11.8 Å². The van der Waals surface area contributed by atoms with E-state index in [9.17, 15) is 4.79 Å². The van der Waals surface area contributed by atoms with Gasteiger partial charge < -0.3 is 5.11 Å². The van der Waals surface area contributed by atoms with E-state index in [2.05, 4.69) is 23.1 Å². The molecular weight excluding hydrogens is 378 g/mol. The first-order valence-electron chi connectivity index (χ1n) is 10.5. The summed E-state index contributed by atoms with van der Waals surface area (Å²) in [5.41, 5.74) is 0.945. The lowest BCUT2D eigenvalue weighted by Crippen LogP contribution is -2.01. The minimum atomic E-state index is -0.770. The molecule has 0 bridgehead atoms. The van der Waals surface area contributed by atoms with Crippen LogP contribution in [0.5, 0.6) is 0 Å². The molecule has 0 aliphatic carbocycles. The maximum atomic E-state index is 10.3. The first kappa shape index (κ1) is 34.5. The highest BCUT2D eigenvalue weighted by Gasteiger charge is 1.95. The number of benzene rings is 1. The summed E-state index contributed by atoms with van der Waals surface area (Å²) in [7, 11) is 0. The summed E-state index contributed by atoms with van der Waals surface area (Å²) in [6.07, 6.45) is 7.19. The smallest absolute Gasteiger partial charge is 0.303 e. The van der Waals surface area contributed by atoms with Crippen molar-refractivity contribution in [2.45, 2.75) is 79.5 Å². The van der Waals surface area contributed by atoms with E-state index in [1.807, 2.05) is 91.8 Å². The number of hydrogen-bond acceptors (Lipinski definition) is 3. The molecule has 0 saturated carbocycles. The molecule has 0 aromatic heterocycles. The van der Waals surface area contributed by atoms with Crippen LogP contribution in [-0.4, -0.2) is 17.6 Å². The van der Waals surface area contributed by atoms with Gasteiger partial charge in [-0.1, -0.05) is 77.7 Å². The molecule has 0 spiro atoms. The second-order valence-corrected chi connectivity index (χ2v) is 5.45. The van der Waals surface area contributed by atoms with Gasteiger partial charge in [0, 0.05) is 29.8 Å². The Morgan fingerprint density at radius 1 is 1.14 bits per heavy atom. The lowest BCUT2D eigenvalue weighted by atomic mass is 10.2. The average molecular weight is 422 g/mol. The topological polar surface area (TPSA) is 49.3 Å². The van der Waals surface area contributed by atoms with Gasteiger partial charge in [-0.05, 0) is 50.4 Å². The Labute approximate surface area is 185 Å². The van der Waals surface area contributed by atoms with Crippen LogP contribution in [0.4, 0.5) is 0 Å². The van der Waals surface area contributed by atoms with Crippen LogP contribution in [0.15, 0.2) is 54.0 Å². The summed E-state index contributed by atoms with van der Waals surface area (Å²) in [4.78, 5) is 11.4. The van der Waals surface area contributed by atoms with Gasteiger partial charge in [-0.15, -0.1) is 6.58 Å². The maximum Gasteiger partial charge on any atom is 0.303 e. The lowest BCUT2D eigenvalue weighted by molar-refractivity contribution is -0.137. The number of allylic oxidation sites excluding steroid dienone is 2. The molecule has 0 atom stereocenters. The van der Waals surface area contributed by atoms with E-state index in [1.165, 1.54) is 0 Å². The number of unbranched alkanes of at least 4 members (excludes halogenated alkanes) is 1. The highest BCUT2D eigenvalue weighted by Crippen LogP contribution is 2.15. The van der Waals surface area contributed by atoms with Gasteiger partial charge >= 0.3 is 5.97 Å². The number of hydrogen-bond donors (Lipinski definition) is 2. The highest BCUT2D eigenvalue weighted by molar-refractivity contribution is 7.97. The third kappa shape index (κ3) is 31.0. The van der Waals surface area contributed by atoms with E-state index >= 15 is 0 Å². The first-order chi connectivity index (χ1) is 14.1. The van der Waals surface area contributed by atoms with Crippen molar-refractivity contribution in [1.82, 2.24) is 4.72 Å². The molecule has 1 rings (SSSR count). The Hall–Kier alpha value is -1.96. The second-order valence-electron chi connectivity index (χ2n) is 4.48. The predicted molar refractivity (Wildman–Crippen MR) is 133 cm³/mol. The number of aliphatic carboxylic acids is 1. The van der Waals surface area contributed by atoms with Crippen LogP contribution in [0.1, 0.15) is 80.2 Å². The van der Waals surface area contributed by atoms with Crippen LogP contribution in [0.2, 0.25) is 0 Å². The van der Waals surface area contributed by atoms with Crippen LogP contribution in [-0.2, 0) is 4.79 Å². The van der Waals surface area contributed by atoms with Crippen molar-refractivity contribution in [1.29, 1.82) is 0 Å². The van der Waals surface area contributed by atoms with Crippen LogP contribution < -0.4 is 4.72 Å². The van der Waals surface area contributed by atoms with Gasteiger partial charge in [0.25, 0.3) is 0 Å². The van der Waals surface area contributed by atoms with E-state index < -0.39 is 5.97 Å². The molecule has 0 saturated heterocycles. The Bertz CT molecular complexity index is 553. The van der Waals surface area contributed by atoms with Crippen molar-refractivity contribution in [3.63, 3.8) is 0 Å². The molecule has 0 aliphatic rings. The molecule has 0 unspecified atom stereocenters. The zero-order chi connectivity index (χ0) is 23.3. The minimum absolute atomic E-state index is 0.177. The molecule has 0 heterocycles. The van der Waals surface area contributed by atoms with Gasteiger partial charge in [0.2, 0.25) is 0 Å². The second kappa shape index (κ2) is 33.6. The van der Waals surface area contributed by atoms with Crippen LogP contribution >= 0.6 is 11.9 Å². The number of carboxylic acid groups (broad SMARTS) is 1. The molecule has 2 N–H and O–H groups in total. The fourth-order valence-corrected chi connectivity index (χ4v) is 2.01. The van der Waals surface area contributed by atoms with Gasteiger partial charge in [-0.2, -0.15) is 0 Å². The molecule has 1 aromatic rings. The van der Waals surface area contributed by atoms with Gasteiger partial charge in [0.15, 0.2) is 0 Å². The quantitative estimate of drug-likeness (QED) is 0.205. The van der Waals surface area contributed by atoms with Crippen LogP contribution in [0, 0.1) is 11.8 Å². The number of carboxylic acids is 1. The maximum absolute atomic E-state index is 10.3. The molecule has 166 valence electrons. The molecular formula is C25H43NO2S. The number of nitrogens with one attached hydrogen (secondary N) is 1. The van der Waals surface area contributed by atoms with Crippen molar-refractivity contribution in [2.75, 3.05) is 6.54 Å². The Morgan fingerprint density at radius 2 is 1.72 bits per heavy atom. The molecule has 0 fully saturated rings. The van der Waals surface area contributed by atoms with Crippen LogP contribution in [0.25, 0.3) is 0 Å². The first-order valence-corrected chi connectivity index (χ1v) is 11.3. The molecule has 0 radical (unpaired) electrons. The third-order valence-corrected chi connectivity index (χ3v) is 3.31. The molecule has 0 amide bonds. The highest BCUT2D eigenvalue weighted by atomic mass is 32.2. The number of carbonyl (C=O) groups is 1. The fourth-order valence-electron chi connectivity index (χ4n) is 1.31. The normalized spacial score (nSPS) is 8.14. The summed E-state index contributed by atoms with van der Waals surface area (Å²) < 4.78 is 3.15. The van der Waals surface area contributed by atoms with Crippen LogP contribution in [0.3, 0.4) is 0 Å². The van der Waals surface area contributed by atoms with Gasteiger partial charge in [0.1, 0.15) is 0 Å². The predicted octanol–water partition coefficient (Wildman–Crippen LogP) is 7.74. The van der Waals surface area contributed by atoms with Gasteiger partial charge in [0.05, 0.1) is 0 Å². The molecule has 3 nitrogen and oxygen atoms in total. The monoisotopic (exact) mass is 421 g/mol. The minimum Gasteiger partial charge on any atom is -0.481 e. The Balaban J connectivity index is -0.000000266.